The first-order valence-electron chi connectivity index (χ1n) is 12.7. The largest absolute Gasteiger partial charge is 0.453 e. The summed E-state index contributed by atoms with van der Waals surface area (Å²) in [5.41, 5.74) is -5.26. The number of ether oxygens (including phenoxy) is 2. The fourth-order valence-electron chi connectivity index (χ4n) is 4.78. The Morgan fingerprint density at radius 3 is 1.93 bits per heavy atom. The Balaban J connectivity index is 2.22. The first-order valence-corrected chi connectivity index (χ1v) is 12.7. The van der Waals surface area contributed by atoms with Gasteiger partial charge in [0.05, 0.1) is 42.1 Å². The molecule has 1 aliphatic rings. The van der Waals surface area contributed by atoms with Crippen LogP contribution in [-0.4, -0.2) is 36.8 Å². The molecule has 42 heavy (non-hydrogen) atoms. The van der Waals surface area contributed by atoms with Gasteiger partial charge in [-0.2, -0.15) is 39.5 Å². The minimum Gasteiger partial charge on any atom is -0.453 e. The van der Waals surface area contributed by atoms with Crippen molar-refractivity contribution in [1.82, 2.24) is 4.90 Å². The van der Waals surface area contributed by atoms with Gasteiger partial charge in [0.1, 0.15) is 0 Å². The molecule has 2 amide bonds. The Kier molecular flexibility index (Phi) is 9.62. The van der Waals surface area contributed by atoms with Crippen LogP contribution in [-0.2, 0) is 34.5 Å². The second kappa shape index (κ2) is 12.3. The average Bonchev–Trinajstić information content (AvgIpc) is 2.91. The highest BCUT2D eigenvalue weighted by Gasteiger charge is 2.43. The first-order chi connectivity index (χ1) is 19.4. The van der Waals surface area contributed by atoms with E-state index in [2.05, 4.69) is 0 Å². The smallest absolute Gasteiger partial charge is 0.416 e. The molecule has 0 fully saturated rings. The normalized spacial score (nSPS) is 17.5. The van der Waals surface area contributed by atoms with Crippen molar-refractivity contribution in [2.24, 2.45) is 0 Å². The van der Waals surface area contributed by atoms with E-state index in [9.17, 15) is 49.1 Å². The van der Waals surface area contributed by atoms with Crippen LogP contribution >= 0.6 is 0 Å². The van der Waals surface area contributed by atoms with Gasteiger partial charge in [0.25, 0.3) is 0 Å². The van der Waals surface area contributed by atoms with Gasteiger partial charge in [-0.3, -0.25) is 9.80 Å². The highest BCUT2D eigenvalue weighted by atomic mass is 19.4. The molecule has 0 aliphatic carbocycles. The fourth-order valence-corrected chi connectivity index (χ4v) is 4.78. The number of nitrogens with zero attached hydrogens (tertiary/aromatic N) is 2. The summed E-state index contributed by atoms with van der Waals surface area (Å²) in [4.78, 5) is 27.8. The molecule has 15 heteroatoms. The lowest BCUT2D eigenvalue weighted by Gasteiger charge is -2.43. The van der Waals surface area contributed by atoms with Crippen LogP contribution in [0.25, 0.3) is 0 Å². The maximum absolute atomic E-state index is 13.7. The van der Waals surface area contributed by atoms with Crippen molar-refractivity contribution in [2.75, 3.05) is 18.6 Å². The Labute approximate surface area is 235 Å². The molecule has 6 nitrogen and oxygen atoms in total. The van der Waals surface area contributed by atoms with E-state index in [4.69, 9.17) is 9.47 Å². The molecule has 3 rings (SSSR count). The summed E-state index contributed by atoms with van der Waals surface area (Å²) in [7, 11) is 0.907. The van der Waals surface area contributed by atoms with Crippen molar-refractivity contribution < 1.29 is 58.6 Å². The number of hydrogen-bond donors (Lipinski definition) is 0. The summed E-state index contributed by atoms with van der Waals surface area (Å²) in [6, 6.07) is 1.10. The number of fused-ring (bicyclic) bond motifs is 1. The second-order valence-corrected chi connectivity index (χ2v) is 9.58. The highest BCUT2D eigenvalue weighted by Crippen LogP contribution is 2.45. The van der Waals surface area contributed by atoms with Gasteiger partial charge in [-0.25, -0.2) is 9.59 Å². The van der Waals surface area contributed by atoms with Crippen LogP contribution in [0.15, 0.2) is 36.4 Å². The molecule has 2 aromatic rings. The van der Waals surface area contributed by atoms with Crippen LogP contribution in [0.3, 0.4) is 0 Å². The summed E-state index contributed by atoms with van der Waals surface area (Å²) in [6.45, 7) is 2.52. The van der Waals surface area contributed by atoms with E-state index < -0.39 is 71.6 Å². The van der Waals surface area contributed by atoms with Crippen molar-refractivity contribution in [3.63, 3.8) is 0 Å². The average molecular weight is 615 g/mol. The fraction of sp³-hybridized carbons (Fsp3) is 0.481. The van der Waals surface area contributed by atoms with E-state index in [-0.39, 0.29) is 36.8 Å². The van der Waals surface area contributed by atoms with E-state index >= 15 is 0 Å². The van der Waals surface area contributed by atoms with Crippen molar-refractivity contribution >= 4 is 17.9 Å². The van der Waals surface area contributed by atoms with Gasteiger partial charge in [0, 0.05) is 12.6 Å². The third-order valence-electron chi connectivity index (χ3n) is 6.72. The molecule has 1 aliphatic heterocycles. The Morgan fingerprint density at radius 2 is 1.45 bits per heavy atom. The summed E-state index contributed by atoms with van der Waals surface area (Å²) in [5, 5.41) is 0. The number of carbonyl (C=O) groups excluding carboxylic acids is 2. The number of halogens is 9. The lowest BCUT2D eigenvalue weighted by molar-refractivity contribution is -0.143. The van der Waals surface area contributed by atoms with E-state index in [1.165, 1.54) is 0 Å². The number of rotatable bonds is 6. The maximum atomic E-state index is 13.7. The molecule has 232 valence electrons. The number of carbonyl (C=O) groups is 2. The Hall–Kier alpha value is -3.65. The van der Waals surface area contributed by atoms with Gasteiger partial charge in [-0.1, -0.05) is 13.8 Å². The van der Waals surface area contributed by atoms with Gasteiger partial charge in [0.15, 0.2) is 0 Å². The zero-order chi connectivity index (χ0) is 31.6. The molecule has 0 saturated heterocycles. The second-order valence-electron chi connectivity index (χ2n) is 9.58. The Bertz CT molecular complexity index is 1260. The molecule has 2 aromatic carbocycles. The standard InChI is InChI=1S/C27H27F9N2O4/c1-4-8-42-24(40)38-19(5-2)13-22(20-12-16(25(28,29)30)6-7-21(20)38)37(23(39)41-3)14-15-9-17(26(31,32)33)11-18(10-15)27(34,35)36/h6-7,9-12,19,22H,4-5,8,13-14H2,1-3H3/t19-,22+/m0/s1. The highest BCUT2D eigenvalue weighted by molar-refractivity contribution is 5.90. The van der Waals surface area contributed by atoms with Crippen molar-refractivity contribution in [2.45, 2.75) is 70.3 Å². The van der Waals surface area contributed by atoms with Crippen LogP contribution < -0.4 is 4.90 Å². The van der Waals surface area contributed by atoms with E-state index in [0.717, 1.165) is 29.0 Å². The third kappa shape index (κ3) is 7.21. The predicted octanol–water partition coefficient (Wildman–Crippen LogP) is 8.59. The topological polar surface area (TPSA) is 59.1 Å². The zero-order valence-corrected chi connectivity index (χ0v) is 22.6. The van der Waals surface area contributed by atoms with Gasteiger partial charge in [-0.05, 0) is 66.8 Å². The lowest BCUT2D eigenvalue weighted by atomic mass is 9.87. The van der Waals surface area contributed by atoms with Crippen LogP contribution in [0.2, 0.25) is 0 Å². The van der Waals surface area contributed by atoms with E-state index in [1.807, 2.05) is 0 Å². The van der Waals surface area contributed by atoms with Crippen LogP contribution in [0.5, 0.6) is 0 Å². The predicted molar refractivity (Wildman–Crippen MR) is 131 cm³/mol. The maximum Gasteiger partial charge on any atom is 0.416 e. The molecule has 0 saturated carbocycles. The molecule has 0 aromatic heterocycles. The number of alkyl halides is 9. The minimum atomic E-state index is -5.17. The monoisotopic (exact) mass is 614 g/mol. The van der Waals surface area contributed by atoms with Crippen LogP contribution in [0, 0.1) is 0 Å². The number of hydrogen-bond acceptors (Lipinski definition) is 4. The quantitative estimate of drug-likeness (QED) is 0.306. The molecule has 1 heterocycles. The van der Waals surface area contributed by atoms with Gasteiger partial charge in [0.2, 0.25) is 0 Å². The number of anilines is 1. The van der Waals surface area contributed by atoms with Crippen molar-refractivity contribution in [3.05, 3.63) is 64.2 Å². The molecule has 2 atom stereocenters. The molecule has 0 radical (unpaired) electrons. The van der Waals surface area contributed by atoms with Gasteiger partial charge in [-0.15, -0.1) is 0 Å². The van der Waals surface area contributed by atoms with E-state index in [1.54, 1.807) is 13.8 Å². The Morgan fingerprint density at radius 1 is 0.881 bits per heavy atom. The number of amides is 2. The lowest BCUT2D eigenvalue weighted by Crippen LogP contribution is -2.48. The first kappa shape index (κ1) is 32.9. The molecule has 0 bridgehead atoms. The molecular weight excluding hydrogens is 587 g/mol. The SMILES string of the molecule is CCCOC(=O)N1c2ccc(C(F)(F)F)cc2[C@H](N(Cc2cc(C(F)(F)F)cc(C(F)(F)F)c2)C(=O)OC)C[C@@H]1CC. The van der Waals surface area contributed by atoms with Crippen molar-refractivity contribution in [1.29, 1.82) is 0 Å². The van der Waals surface area contributed by atoms with E-state index in [0.29, 0.717) is 24.6 Å². The number of benzene rings is 2. The molecule has 0 N–H and O–H groups in total. The number of methoxy groups -OCH3 is 1. The van der Waals surface area contributed by atoms with Gasteiger partial charge < -0.3 is 9.47 Å². The van der Waals surface area contributed by atoms with Crippen molar-refractivity contribution in [3.8, 4) is 0 Å². The summed E-state index contributed by atoms with van der Waals surface area (Å²) < 4.78 is 132. The van der Waals surface area contributed by atoms with Gasteiger partial charge >= 0.3 is 30.7 Å². The molecule has 0 spiro atoms. The zero-order valence-electron chi connectivity index (χ0n) is 22.6. The van der Waals surface area contributed by atoms with Crippen LogP contribution in [0.4, 0.5) is 54.8 Å². The summed E-state index contributed by atoms with van der Waals surface area (Å²) in [6.07, 6.45) is -16.8. The summed E-state index contributed by atoms with van der Waals surface area (Å²) in [5.74, 6) is 0. The van der Waals surface area contributed by atoms with Crippen LogP contribution in [0.1, 0.15) is 67.0 Å². The molecule has 0 unspecified atom stereocenters. The minimum absolute atomic E-state index is 0.0105. The summed E-state index contributed by atoms with van der Waals surface area (Å²) >= 11 is 0. The third-order valence-corrected chi connectivity index (χ3v) is 6.72. The molecular formula is C27H27F9N2O4.